The first kappa shape index (κ1) is 27.4. The van der Waals surface area contributed by atoms with Crippen LogP contribution >= 0.6 is 0 Å². The summed E-state index contributed by atoms with van der Waals surface area (Å²) in [6.45, 7) is 3.44. The molecular formula is C31H35N7O4. The maximum Gasteiger partial charge on any atom is 0.326 e. The number of pyridine rings is 1. The van der Waals surface area contributed by atoms with Crippen molar-refractivity contribution in [3.05, 3.63) is 89.1 Å². The molecule has 0 aliphatic carbocycles. The fourth-order valence-electron chi connectivity index (χ4n) is 6.03. The molecule has 2 aromatic carbocycles. The lowest BCUT2D eigenvalue weighted by Crippen LogP contribution is -2.57. The van der Waals surface area contributed by atoms with Crippen LogP contribution < -0.4 is 15.9 Å². The van der Waals surface area contributed by atoms with Crippen molar-refractivity contribution in [1.29, 1.82) is 0 Å². The third-order valence-corrected chi connectivity index (χ3v) is 8.33. The van der Waals surface area contributed by atoms with Gasteiger partial charge in [0.15, 0.2) is 0 Å². The fraction of sp³-hybridized carbons (Fsp3) is 0.355. The van der Waals surface area contributed by atoms with E-state index in [2.05, 4.69) is 20.2 Å². The Morgan fingerprint density at radius 3 is 2.31 bits per heavy atom. The number of benzene rings is 2. The van der Waals surface area contributed by atoms with Gasteiger partial charge in [0.1, 0.15) is 11.8 Å². The summed E-state index contributed by atoms with van der Waals surface area (Å²) in [7, 11) is 0. The van der Waals surface area contributed by atoms with Gasteiger partial charge in [0.2, 0.25) is 5.91 Å². The average molecular weight is 570 g/mol. The molecular weight excluding hydrogens is 534 g/mol. The predicted molar refractivity (Wildman–Crippen MR) is 160 cm³/mol. The maximum absolute atomic E-state index is 13.8. The summed E-state index contributed by atoms with van der Waals surface area (Å²) in [6.07, 6.45) is 5.12. The topological polar surface area (TPSA) is 127 Å². The highest BCUT2D eigenvalue weighted by Crippen LogP contribution is 2.25. The fourth-order valence-corrected chi connectivity index (χ4v) is 6.03. The van der Waals surface area contributed by atoms with Gasteiger partial charge in [-0.3, -0.25) is 14.3 Å². The molecule has 6 rings (SSSR count). The van der Waals surface area contributed by atoms with E-state index >= 15 is 0 Å². The number of piperidine rings is 1. The van der Waals surface area contributed by atoms with Crippen LogP contribution in [0.3, 0.4) is 0 Å². The monoisotopic (exact) mass is 569 g/mol. The number of phenols is 1. The van der Waals surface area contributed by atoms with E-state index in [0.29, 0.717) is 58.5 Å². The average Bonchev–Trinajstić information content (AvgIpc) is 3.37. The number of nitrogens with one attached hydrogen (secondary N) is 2. The number of nitrogens with zero attached hydrogens (tertiary/aromatic N) is 5. The molecule has 2 aromatic heterocycles. The lowest BCUT2D eigenvalue weighted by molar-refractivity contribution is -0.133. The van der Waals surface area contributed by atoms with Crippen molar-refractivity contribution >= 4 is 28.7 Å². The molecule has 2 aliphatic rings. The van der Waals surface area contributed by atoms with Gasteiger partial charge in [-0.15, -0.1) is 0 Å². The Labute approximate surface area is 243 Å². The first-order valence-electron chi connectivity index (χ1n) is 14.4. The van der Waals surface area contributed by atoms with Gasteiger partial charge in [-0.05, 0) is 54.8 Å². The number of aromatic amines is 1. The Morgan fingerprint density at radius 1 is 0.905 bits per heavy atom. The number of hydrogen-bond donors (Lipinski definition) is 3. The van der Waals surface area contributed by atoms with Crippen molar-refractivity contribution in [2.45, 2.75) is 31.3 Å². The molecule has 218 valence electrons. The molecule has 0 spiro atoms. The summed E-state index contributed by atoms with van der Waals surface area (Å²) in [4.78, 5) is 52.7. The van der Waals surface area contributed by atoms with Crippen LogP contribution in [-0.4, -0.2) is 86.7 Å². The van der Waals surface area contributed by atoms with Crippen LogP contribution in [0.25, 0.3) is 11.0 Å². The number of carbonyl (C=O) groups is 2. The number of imidazole rings is 1. The molecule has 1 atom stereocenters. The van der Waals surface area contributed by atoms with Gasteiger partial charge in [0, 0.05) is 69.8 Å². The summed E-state index contributed by atoms with van der Waals surface area (Å²) in [5.74, 6) is 0.0288. The highest BCUT2D eigenvalue weighted by Gasteiger charge is 2.32. The van der Waals surface area contributed by atoms with Gasteiger partial charge in [-0.25, -0.2) is 9.59 Å². The SMILES string of the molecule is O=C(N[C@H](Cc1ccc(O)cc1)C(=O)N1CCN(c2ccncc2)CC1)N1CCC(n2c(=O)[nH]c3ccccc32)CC1. The van der Waals surface area contributed by atoms with Crippen LogP contribution in [0, 0.1) is 0 Å². The number of hydrogen-bond acceptors (Lipinski definition) is 6. The van der Waals surface area contributed by atoms with E-state index in [1.807, 2.05) is 41.3 Å². The number of urea groups is 1. The summed E-state index contributed by atoms with van der Waals surface area (Å²) < 4.78 is 1.80. The van der Waals surface area contributed by atoms with E-state index in [9.17, 15) is 19.5 Å². The summed E-state index contributed by atoms with van der Waals surface area (Å²) >= 11 is 0. The molecule has 3 amide bonds. The summed E-state index contributed by atoms with van der Waals surface area (Å²) in [5.41, 5.74) is 3.46. The van der Waals surface area contributed by atoms with Crippen molar-refractivity contribution in [3.8, 4) is 5.75 Å². The number of likely N-dealkylation sites (tertiary alicyclic amines) is 1. The van der Waals surface area contributed by atoms with Crippen LogP contribution in [0.4, 0.5) is 10.5 Å². The van der Waals surface area contributed by atoms with Crippen molar-refractivity contribution in [3.63, 3.8) is 0 Å². The highest BCUT2D eigenvalue weighted by atomic mass is 16.3. The minimum atomic E-state index is -0.747. The van der Waals surface area contributed by atoms with Crippen molar-refractivity contribution in [2.75, 3.05) is 44.2 Å². The second kappa shape index (κ2) is 12.0. The molecule has 4 heterocycles. The quantitative estimate of drug-likeness (QED) is 0.328. The Morgan fingerprint density at radius 2 is 1.60 bits per heavy atom. The van der Waals surface area contributed by atoms with Gasteiger partial charge in [-0.1, -0.05) is 24.3 Å². The van der Waals surface area contributed by atoms with Gasteiger partial charge < -0.3 is 30.1 Å². The largest absolute Gasteiger partial charge is 0.508 e. The number of rotatable bonds is 6. The molecule has 11 nitrogen and oxygen atoms in total. The molecule has 4 aromatic rings. The molecule has 2 fully saturated rings. The number of anilines is 1. The Hall–Kier alpha value is -4.80. The Bertz CT molecular complexity index is 1590. The lowest BCUT2D eigenvalue weighted by atomic mass is 10.0. The predicted octanol–water partition coefficient (Wildman–Crippen LogP) is 2.74. The Kier molecular flexibility index (Phi) is 7.81. The van der Waals surface area contributed by atoms with Crippen molar-refractivity contribution in [2.24, 2.45) is 0 Å². The summed E-state index contributed by atoms with van der Waals surface area (Å²) in [5, 5.41) is 12.7. The van der Waals surface area contributed by atoms with Gasteiger partial charge in [0.25, 0.3) is 0 Å². The number of phenolic OH excluding ortho intramolecular Hbond substituents is 1. The zero-order valence-corrected chi connectivity index (χ0v) is 23.4. The van der Waals surface area contributed by atoms with Gasteiger partial charge >= 0.3 is 11.7 Å². The molecule has 42 heavy (non-hydrogen) atoms. The number of H-pyrrole nitrogens is 1. The first-order valence-corrected chi connectivity index (χ1v) is 14.4. The number of piperazine rings is 1. The first-order chi connectivity index (χ1) is 20.5. The standard InChI is InChI=1S/C31H35N7O4/c39-25-7-5-22(6-8-25)21-27(29(40)36-19-17-35(18-20-36)23-9-13-32-14-10-23)34-30(41)37-15-11-24(12-16-37)38-28-4-2-1-3-26(28)33-31(38)42/h1-10,13-14,24,27,39H,11-12,15-21H2,(H,33,42)(H,34,41)/t27-/m1/s1. The smallest absolute Gasteiger partial charge is 0.326 e. The number of aromatic nitrogens is 3. The number of para-hydroxylation sites is 2. The van der Waals surface area contributed by atoms with E-state index in [1.54, 1.807) is 46.1 Å². The van der Waals surface area contributed by atoms with Gasteiger partial charge in [0.05, 0.1) is 11.0 Å². The van der Waals surface area contributed by atoms with Crippen LogP contribution in [0.15, 0.2) is 77.9 Å². The molecule has 0 unspecified atom stereocenters. The third-order valence-electron chi connectivity index (χ3n) is 8.33. The number of carbonyl (C=O) groups excluding carboxylic acids is 2. The van der Waals surface area contributed by atoms with Crippen molar-refractivity contribution in [1.82, 2.24) is 29.7 Å². The zero-order valence-electron chi connectivity index (χ0n) is 23.4. The summed E-state index contributed by atoms with van der Waals surface area (Å²) in [6, 6.07) is 17.2. The minimum absolute atomic E-state index is 0.0104. The second-order valence-corrected chi connectivity index (χ2v) is 10.9. The van der Waals surface area contributed by atoms with E-state index in [4.69, 9.17) is 0 Å². The minimum Gasteiger partial charge on any atom is -0.508 e. The molecule has 0 saturated carbocycles. The molecule has 2 aliphatic heterocycles. The van der Waals surface area contributed by atoms with Gasteiger partial charge in [-0.2, -0.15) is 0 Å². The molecule has 2 saturated heterocycles. The van der Waals surface area contributed by atoms with E-state index < -0.39 is 6.04 Å². The lowest BCUT2D eigenvalue weighted by Gasteiger charge is -2.38. The zero-order chi connectivity index (χ0) is 29.1. The molecule has 11 heteroatoms. The normalized spacial score (nSPS) is 16.9. The van der Waals surface area contributed by atoms with Crippen LogP contribution in [0.5, 0.6) is 5.75 Å². The number of aromatic hydroxyl groups is 1. The van der Waals surface area contributed by atoms with Crippen LogP contribution in [0.2, 0.25) is 0 Å². The van der Waals surface area contributed by atoms with E-state index in [-0.39, 0.29) is 29.4 Å². The maximum atomic E-state index is 13.8. The second-order valence-electron chi connectivity index (χ2n) is 10.9. The van der Waals surface area contributed by atoms with Crippen molar-refractivity contribution < 1.29 is 14.7 Å². The molecule has 0 radical (unpaired) electrons. The van der Waals surface area contributed by atoms with E-state index in [0.717, 1.165) is 22.3 Å². The highest BCUT2D eigenvalue weighted by molar-refractivity contribution is 5.87. The molecule has 3 N–H and O–H groups in total. The van der Waals surface area contributed by atoms with E-state index in [1.165, 1.54) is 0 Å². The van der Waals surface area contributed by atoms with Crippen LogP contribution in [0.1, 0.15) is 24.4 Å². The number of fused-ring (bicyclic) bond motifs is 1. The third kappa shape index (κ3) is 5.81. The number of amides is 3. The Balaban J connectivity index is 1.11. The van der Waals surface area contributed by atoms with Crippen LogP contribution in [-0.2, 0) is 11.2 Å². The molecule has 0 bridgehead atoms.